The first kappa shape index (κ1) is 19.5. The molecule has 2 unspecified atom stereocenters. The van der Waals surface area contributed by atoms with Gasteiger partial charge in [-0.25, -0.2) is 8.78 Å². The smallest absolute Gasteiger partial charge is 0.309 e. The Balaban J connectivity index is 1.43. The highest BCUT2D eigenvalue weighted by molar-refractivity contribution is 5.93. The van der Waals surface area contributed by atoms with E-state index in [4.69, 9.17) is 4.52 Å². The van der Waals surface area contributed by atoms with E-state index in [-0.39, 0.29) is 17.0 Å². The van der Waals surface area contributed by atoms with Gasteiger partial charge >= 0.3 is 5.97 Å². The molecule has 0 spiro atoms. The lowest BCUT2D eigenvalue weighted by Gasteiger charge is -2.36. The van der Waals surface area contributed by atoms with E-state index in [0.29, 0.717) is 25.4 Å². The van der Waals surface area contributed by atoms with Crippen LogP contribution in [0.25, 0.3) is 11.3 Å². The number of carboxylic acid groups (broad SMARTS) is 1. The van der Waals surface area contributed by atoms with Crippen LogP contribution >= 0.6 is 0 Å². The van der Waals surface area contributed by atoms with Crippen molar-refractivity contribution in [3.05, 3.63) is 41.7 Å². The maximum Gasteiger partial charge on any atom is 0.309 e. The number of likely N-dealkylation sites (tertiary alicyclic amines) is 1. The molecule has 9 heteroatoms. The summed E-state index contributed by atoms with van der Waals surface area (Å²) in [5.74, 6) is -3.33. The first-order valence-electron chi connectivity index (χ1n) is 9.59. The van der Waals surface area contributed by atoms with Crippen LogP contribution in [-0.4, -0.2) is 52.7 Å². The Morgan fingerprint density at radius 3 is 2.72 bits per heavy atom. The number of carbonyl (C=O) groups excluding carboxylic acids is 1. The summed E-state index contributed by atoms with van der Waals surface area (Å²) in [7, 11) is 0. The Hall–Kier alpha value is -2.81. The van der Waals surface area contributed by atoms with Crippen LogP contribution in [0.1, 0.15) is 29.8 Å². The minimum Gasteiger partial charge on any atom is -0.481 e. The highest BCUT2D eigenvalue weighted by Gasteiger charge is 2.37. The van der Waals surface area contributed by atoms with Crippen LogP contribution in [0.2, 0.25) is 0 Å². The minimum atomic E-state index is -0.956. The molecule has 1 aliphatic heterocycles. The van der Waals surface area contributed by atoms with Crippen molar-refractivity contribution in [3.63, 3.8) is 0 Å². The summed E-state index contributed by atoms with van der Waals surface area (Å²) >= 11 is 0. The van der Waals surface area contributed by atoms with Gasteiger partial charge in [0.25, 0.3) is 5.91 Å². The summed E-state index contributed by atoms with van der Waals surface area (Å²) in [4.78, 5) is 26.4. The predicted octanol–water partition coefficient (Wildman–Crippen LogP) is 2.53. The molecule has 4 rings (SSSR count). The lowest BCUT2D eigenvalue weighted by atomic mass is 9.91. The molecule has 2 N–H and O–H groups in total. The molecule has 2 aromatic rings. The second kappa shape index (κ2) is 7.90. The van der Waals surface area contributed by atoms with Gasteiger partial charge in [-0.1, -0.05) is 5.16 Å². The largest absolute Gasteiger partial charge is 0.481 e. The Kier molecular flexibility index (Phi) is 5.31. The first-order chi connectivity index (χ1) is 13.9. The molecule has 1 aromatic heterocycles. The molecule has 1 saturated carbocycles. The Morgan fingerprint density at radius 1 is 1.24 bits per heavy atom. The maximum atomic E-state index is 13.9. The van der Waals surface area contributed by atoms with Gasteiger partial charge in [0.15, 0.2) is 0 Å². The number of benzene rings is 1. The van der Waals surface area contributed by atoms with Crippen molar-refractivity contribution in [1.82, 2.24) is 15.4 Å². The highest BCUT2D eigenvalue weighted by atomic mass is 19.1. The van der Waals surface area contributed by atoms with Crippen LogP contribution in [0.5, 0.6) is 0 Å². The molecular formula is C20H21F2N3O4. The van der Waals surface area contributed by atoms with E-state index in [9.17, 15) is 23.5 Å². The number of nitrogens with zero attached hydrogens (tertiary/aromatic N) is 2. The number of carbonyl (C=O) groups is 2. The number of aliphatic carboxylic acids is 1. The van der Waals surface area contributed by atoms with Crippen molar-refractivity contribution in [2.75, 3.05) is 19.6 Å². The van der Waals surface area contributed by atoms with Gasteiger partial charge in [-0.2, -0.15) is 0 Å². The molecule has 2 atom stereocenters. The van der Waals surface area contributed by atoms with Crippen LogP contribution in [0.4, 0.5) is 8.78 Å². The molecule has 2 heterocycles. The number of rotatable bonds is 6. The van der Waals surface area contributed by atoms with Gasteiger partial charge < -0.3 is 19.8 Å². The third-order valence-corrected chi connectivity index (χ3v) is 5.48. The second-order valence-electron chi connectivity index (χ2n) is 7.72. The van der Waals surface area contributed by atoms with Gasteiger partial charge in [-0.15, -0.1) is 0 Å². The normalized spacial score (nSPS) is 22.4. The molecule has 154 valence electrons. The molecular weight excluding hydrogens is 384 g/mol. The second-order valence-corrected chi connectivity index (χ2v) is 7.72. The fourth-order valence-electron chi connectivity index (χ4n) is 3.72. The van der Waals surface area contributed by atoms with Crippen molar-refractivity contribution in [2.24, 2.45) is 11.8 Å². The predicted molar refractivity (Wildman–Crippen MR) is 98.0 cm³/mol. The van der Waals surface area contributed by atoms with Gasteiger partial charge in [0, 0.05) is 43.4 Å². The summed E-state index contributed by atoms with van der Waals surface area (Å²) in [6, 6.07) is 3.73. The molecule has 0 radical (unpaired) electrons. The van der Waals surface area contributed by atoms with E-state index in [1.807, 2.05) is 0 Å². The Labute approximate surface area is 165 Å². The Bertz CT molecular complexity index is 928. The van der Waals surface area contributed by atoms with Gasteiger partial charge in [-0.3, -0.25) is 9.59 Å². The zero-order chi connectivity index (χ0) is 20.5. The van der Waals surface area contributed by atoms with E-state index < -0.39 is 35.5 Å². The molecule has 29 heavy (non-hydrogen) atoms. The number of piperidine rings is 1. The molecule has 2 fully saturated rings. The monoisotopic (exact) mass is 405 g/mol. The van der Waals surface area contributed by atoms with E-state index in [2.05, 4.69) is 15.4 Å². The quantitative estimate of drug-likeness (QED) is 0.767. The average Bonchev–Trinajstić information content (AvgIpc) is 3.35. The number of nitrogens with one attached hydrogen (secondary N) is 1. The standard InChI is InChI=1S/C20H21F2N3O4/c21-12-3-4-13(15(22)7-12)17-8-18(29-24-17)19(26)23-16-5-6-25(9-11-1-2-11)10-14(16)20(27)28/h3-4,7-8,11,14,16H,1-2,5-6,9-10H2,(H,23,26)(H,27,28). The van der Waals surface area contributed by atoms with E-state index in [0.717, 1.165) is 18.7 Å². The molecule has 1 amide bonds. The number of carboxylic acids is 1. The van der Waals surface area contributed by atoms with Crippen LogP contribution in [0.15, 0.2) is 28.8 Å². The van der Waals surface area contributed by atoms with Crippen LogP contribution in [0, 0.1) is 23.5 Å². The van der Waals surface area contributed by atoms with Crippen molar-refractivity contribution < 1.29 is 28.0 Å². The lowest BCUT2D eigenvalue weighted by molar-refractivity contribution is -0.144. The summed E-state index contributed by atoms with van der Waals surface area (Å²) in [6.45, 7) is 2.01. The topological polar surface area (TPSA) is 95.7 Å². The van der Waals surface area contributed by atoms with Gasteiger partial charge in [0.1, 0.15) is 17.3 Å². The minimum absolute atomic E-state index is 0.00555. The van der Waals surface area contributed by atoms with Crippen LogP contribution < -0.4 is 5.32 Å². The average molecular weight is 405 g/mol. The fraction of sp³-hybridized carbons (Fsp3) is 0.450. The highest BCUT2D eigenvalue weighted by Crippen LogP contribution is 2.31. The SMILES string of the molecule is O=C(NC1CCN(CC2CC2)CC1C(=O)O)c1cc(-c2ccc(F)cc2F)no1. The molecule has 0 bridgehead atoms. The lowest BCUT2D eigenvalue weighted by Crippen LogP contribution is -2.53. The number of hydrogen-bond acceptors (Lipinski definition) is 5. The first-order valence-corrected chi connectivity index (χ1v) is 9.59. The fourth-order valence-corrected chi connectivity index (χ4v) is 3.72. The van der Waals surface area contributed by atoms with Gasteiger partial charge in [-0.05, 0) is 37.3 Å². The van der Waals surface area contributed by atoms with Crippen molar-refractivity contribution in [2.45, 2.75) is 25.3 Å². The van der Waals surface area contributed by atoms with Gasteiger partial charge in [0.05, 0.1) is 5.92 Å². The Morgan fingerprint density at radius 2 is 2.03 bits per heavy atom. The maximum absolute atomic E-state index is 13.9. The van der Waals surface area contributed by atoms with Crippen LogP contribution in [0.3, 0.4) is 0 Å². The van der Waals surface area contributed by atoms with Crippen molar-refractivity contribution >= 4 is 11.9 Å². The molecule has 1 saturated heterocycles. The molecule has 1 aromatic carbocycles. The third kappa shape index (κ3) is 4.45. The van der Waals surface area contributed by atoms with E-state index >= 15 is 0 Å². The van der Waals surface area contributed by atoms with Crippen LogP contribution in [-0.2, 0) is 4.79 Å². The van der Waals surface area contributed by atoms with E-state index in [1.165, 1.54) is 25.0 Å². The van der Waals surface area contributed by atoms with E-state index in [1.54, 1.807) is 0 Å². The zero-order valence-corrected chi connectivity index (χ0v) is 15.6. The summed E-state index contributed by atoms with van der Waals surface area (Å²) in [5, 5.41) is 16.0. The number of halogens is 2. The summed E-state index contributed by atoms with van der Waals surface area (Å²) in [5.41, 5.74) is 0.0627. The van der Waals surface area contributed by atoms with Crippen molar-refractivity contribution in [3.8, 4) is 11.3 Å². The number of aromatic nitrogens is 1. The molecule has 7 nitrogen and oxygen atoms in total. The molecule has 2 aliphatic rings. The third-order valence-electron chi connectivity index (χ3n) is 5.48. The zero-order valence-electron chi connectivity index (χ0n) is 15.6. The summed E-state index contributed by atoms with van der Waals surface area (Å²) < 4.78 is 32.0. The number of hydrogen-bond donors (Lipinski definition) is 2. The van der Waals surface area contributed by atoms with Crippen molar-refractivity contribution in [1.29, 1.82) is 0 Å². The molecule has 1 aliphatic carbocycles. The van der Waals surface area contributed by atoms with Gasteiger partial charge in [0.2, 0.25) is 5.76 Å². The number of amides is 1. The summed E-state index contributed by atoms with van der Waals surface area (Å²) in [6.07, 6.45) is 2.90.